The average molecular weight is 257 g/mol. The first-order chi connectivity index (χ1) is 7.66. The van der Waals surface area contributed by atoms with Gasteiger partial charge in [0.05, 0.1) is 10.7 Å². The molecule has 0 aromatic heterocycles. The molecular formula is C12H17ClN2S. The number of thioether (sulfide) groups is 1. The molecule has 2 nitrogen and oxygen atoms in total. The molecular weight excluding hydrogens is 240 g/mol. The molecule has 1 heterocycles. The van der Waals surface area contributed by atoms with E-state index in [0.29, 0.717) is 6.04 Å². The molecule has 0 bridgehead atoms. The maximum atomic E-state index is 6.22. The third-order valence-corrected chi connectivity index (χ3v) is 4.20. The first-order valence-corrected chi connectivity index (χ1v) is 7.01. The first-order valence-electron chi connectivity index (χ1n) is 5.48. The van der Waals surface area contributed by atoms with Crippen molar-refractivity contribution < 1.29 is 0 Å². The maximum absolute atomic E-state index is 6.22. The molecule has 0 saturated carbocycles. The molecule has 1 aromatic rings. The summed E-state index contributed by atoms with van der Waals surface area (Å²) in [7, 11) is 4.00. The zero-order valence-corrected chi connectivity index (χ0v) is 11.2. The number of benzene rings is 1. The Bertz CT molecular complexity index is 362. The lowest BCUT2D eigenvalue weighted by atomic mass is 10.2. The van der Waals surface area contributed by atoms with Crippen molar-refractivity contribution >= 4 is 34.7 Å². The van der Waals surface area contributed by atoms with Gasteiger partial charge in [-0.3, -0.25) is 0 Å². The van der Waals surface area contributed by atoms with Crippen LogP contribution in [-0.4, -0.2) is 31.6 Å². The zero-order valence-electron chi connectivity index (χ0n) is 9.66. The van der Waals surface area contributed by atoms with E-state index in [0.717, 1.165) is 16.4 Å². The molecule has 16 heavy (non-hydrogen) atoms. The van der Waals surface area contributed by atoms with Gasteiger partial charge < -0.3 is 10.2 Å². The van der Waals surface area contributed by atoms with Crippen LogP contribution in [0.4, 0.5) is 11.4 Å². The van der Waals surface area contributed by atoms with E-state index in [9.17, 15) is 0 Å². The molecule has 88 valence electrons. The molecule has 4 heteroatoms. The Kier molecular flexibility index (Phi) is 3.87. The fourth-order valence-corrected chi connectivity index (χ4v) is 3.35. The Labute approximate surface area is 106 Å². The summed E-state index contributed by atoms with van der Waals surface area (Å²) in [6.45, 7) is 0. The van der Waals surface area contributed by atoms with Gasteiger partial charge in [-0.05, 0) is 30.4 Å². The van der Waals surface area contributed by atoms with Crippen molar-refractivity contribution in [2.75, 3.05) is 35.8 Å². The molecule has 1 aliphatic rings. The third-order valence-electron chi connectivity index (χ3n) is 2.73. The lowest BCUT2D eigenvalue weighted by molar-refractivity contribution is 0.813. The van der Waals surface area contributed by atoms with Crippen molar-refractivity contribution in [3.63, 3.8) is 0 Å². The van der Waals surface area contributed by atoms with Crippen LogP contribution in [-0.2, 0) is 0 Å². The van der Waals surface area contributed by atoms with Crippen molar-refractivity contribution in [3.8, 4) is 0 Å². The fraction of sp³-hybridized carbons (Fsp3) is 0.500. The molecule has 2 rings (SSSR count). The fourth-order valence-electron chi connectivity index (χ4n) is 1.84. The van der Waals surface area contributed by atoms with Gasteiger partial charge >= 0.3 is 0 Å². The van der Waals surface area contributed by atoms with Crippen LogP contribution in [0.3, 0.4) is 0 Å². The number of rotatable bonds is 3. The van der Waals surface area contributed by atoms with E-state index in [1.54, 1.807) is 0 Å². The SMILES string of the molecule is CN(C)c1ccc(NC2CCSC2)cc1Cl. The van der Waals surface area contributed by atoms with Crippen molar-refractivity contribution in [1.29, 1.82) is 0 Å². The zero-order chi connectivity index (χ0) is 11.5. The first kappa shape index (κ1) is 11.9. The lowest BCUT2D eigenvalue weighted by Gasteiger charge is -2.17. The second-order valence-electron chi connectivity index (χ2n) is 4.27. The number of halogens is 1. The summed E-state index contributed by atoms with van der Waals surface area (Å²) in [6, 6.07) is 6.78. The minimum Gasteiger partial charge on any atom is -0.381 e. The Balaban J connectivity index is 2.08. The normalized spacial score (nSPS) is 19.8. The average Bonchev–Trinajstić information content (AvgIpc) is 2.70. The molecule has 1 aliphatic heterocycles. The van der Waals surface area contributed by atoms with Crippen LogP contribution in [0.15, 0.2) is 18.2 Å². The van der Waals surface area contributed by atoms with Gasteiger partial charge in [0, 0.05) is 31.6 Å². The smallest absolute Gasteiger partial charge is 0.0659 e. The highest BCUT2D eigenvalue weighted by atomic mass is 35.5. The van der Waals surface area contributed by atoms with E-state index in [1.165, 1.54) is 17.9 Å². The van der Waals surface area contributed by atoms with E-state index in [2.05, 4.69) is 17.4 Å². The predicted molar refractivity (Wildman–Crippen MR) is 75.1 cm³/mol. The van der Waals surface area contributed by atoms with Crippen LogP contribution in [0, 0.1) is 0 Å². The highest BCUT2D eigenvalue weighted by molar-refractivity contribution is 7.99. The molecule has 0 amide bonds. The van der Waals surface area contributed by atoms with Crippen molar-refractivity contribution in [3.05, 3.63) is 23.2 Å². The predicted octanol–water partition coefficient (Wildman–Crippen LogP) is 3.32. The van der Waals surface area contributed by atoms with Crippen LogP contribution in [0.1, 0.15) is 6.42 Å². The molecule has 1 fully saturated rings. The van der Waals surface area contributed by atoms with Crippen LogP contribution in [0.5, 0.6) is 0 Å². The van der Waals surface area contributed by atoms with Gasteiger partial charge in [-0.2, -0.15) is 11.8 Å². The van der Waals surface area contributed by atoms with Crippen molar-refractivity contribution in [2.24, 2.45) is 0 Å². The number of hydrogen-bond donors (Lipinski definition) is 1. The topological polar surface area (TPSA) is 15.3 Å². The van der Waals surface area contributed by atoms with Gasteiger partial charge in [0.2, 0.25) is 0 Å². The third kappa shape index (κ3) is 2.77. The molecule has 1 unspecified atom stereocenters. The van der Waals surface area contributed by atoms with Crippen LogP contribution in [0.25, 0.3) is 0 Å². The Morgan fingerprint density at radius 1 is 1.44 bits per heavy atom. The minimum absolute atomic E-state index is 0.603. The van der Waals surface area contributed by atoms with Gasteiger partial charge in [0.1, 0.15) is 0 Å². The molecule has 1 aromatic carbocycles. The second kappa shape index (κ2) is 5.19. The summed E-state index contributed by atoms with van der Waals surface area (Å²) in [5.41, 5.74) is 2.19. The number of anilines is 2. The minimum atomic E-state index is 0.603. The summed E-state index contributed by atoms with van der Waals surface area (Å²) in [5, 5.41) is 4.33. The molecule has 0 aliphatic carbocycles. The lowest BCUT2D eigenvalue weighted by Crippen LogP contribution is -2.18. The summed E-state index contributed by atoms with van der Waals surface area (Å²) in [5.74, 6) is 2.47. The van der Waals surface area contributed by atoms with Crippen LogP contribution in [0.2, 0.25) is 5.02 Å². The summed E-state index contributed by atoms with van der Waals surface area (Å²) in [4.78, 5) is 2.03. The van der Waals surface area contributed by atoms with Gasteiger partial charge in [-0.25, -0.2) is 0 Å². The number of nitrogens with one attached hydrogen (secondary N) is 1. The monoisotopic (exact) mass is 256 g/mol. The Morgan fingerprint density at radius 3 is 2.81 bits per heavy atom. The van der Waals surface area contributed by atoms with Crippen molar-refractivity contribution in [1.82, 2.24) is 0 Å². The van der Waals surface area contributed by atoms with Gasteiger partial charge in [0.25, 0.3) is 0 Å². The standard InChI is InChI=1S/C12H17ClN2S/c1-15(2)12-4-3-9(7-11(12)13)14-10-5-6-16-8-10/h3-4,7,10,14H,5-6,8H2,1-2H3. The summed E-state index contributed by atoms with van der Waals surface area (Å²) < 4.78 is 0. The highest BCUT2D eigenvalue weighted by Crippen LogP contribution is 2.29. The second-order valence-corrected chi connectivity index (χ2v) is 5.82. The van der Waals surface area contributed by atoms with Gasteiger partial charge in [-0.15, -0.1) is 0 Å². The van der Waals surface area contributed by atoms with E-state index in [1.807, 2.05) is 36.8 Å². The van der Waals surface area contributed by atoms with E-state index < -0.39 is 0 Å². The van der Waals surface area contributed by atoms with E-state index in [4.69, 9.17) is 11.6 Å². The quantitative estimate of drug-likeness (QED) is 0.893. The molecule has 0 radical (unpaired) electrons. The summed E-state index contributed by atoms with van der Waals surface area (Å²) in [6.07, 6.45) is 1.25. The van der Waals surface area contributed by atoms with Gasteiger partial charge in [-0.1, -0.05) is 11.6 Å². The molecule has 0 spiro atoms. The van der Waals surface area contributed by atoms with Gasteiger partial charge in [0.15, 0.2) is 0 Å². The molecule has 1 atom stereocenters. The largest absolute Gasteiger partial charge is 0.381 e. The molecule has 1 saturated heterocycles. The van der Waals surface area contributed by atoms with Crippen molar-refractivity contribution in [2.45, 2.75) is 12.5 Å². The Hall–Kier alpha value is -0.540. The maximum Gasteiger partial charge on any atom is 0.0659 e. The summed E-state index contributed by atoms with van der Waals surface area (Å²) >= 11 is 8.23. The number of hydrogen-bond acceptors (Lipinski definition) is 3. The van der Waals surface area contributed by atoms with E-state index in [-0.39, 0.29) is 0 Å². The van der Waals surface area contributed by atoms with E-state index >= 15 is 0 Å². The molecule has 1 N–H and O–H groups in total. The highest BCUT2D eigenvalue weighted by Gasteiger charge is 2.15. The number of nitrogens with zero attached hydrogens (tertiary/aromatic N) is 1. The Morgan fingerprint density at radius 2 is 2.25 bits per heavy atom. The van der Waals surface area contributed by atoms with Crippen LogP contribution >= 0.6 is 23.4 Å². The van der Waals surface area contributed by atoms with Crippen LogP contribution < -0.4 is 10.2 Å².